The summed E-state index contributed by atoms with van der Waals surface area (Å²) in [6.45, 7) is 3.38. The van der Waals surface area contributed by atoms with Crippen LogP contribution in [0.1, 0.15) is 65.4 Å². The minimum Gasteiger partial charge on any atom is -0.493 e. The lowest BCUT2D eigenvalue weighted by molar-refractivity contribution is -0.132. The van der Waals surface area contributed by atoms with Crippen LogP contribution in [0.4, 0.5) is 0 Å². The lowest BCUT2D eigenvalue weighted by Crippen LogP contribution is -2.44. The minimum absolute atomic E-state index is 0.0275. The number of hydrogen-bond acceptors (Lipinski definition) is 5. The van der Waals surface area contributed by atoms with Crippen LogP contribution in [0, 0.1) is 0 Å². The quantitative estimate of drug-likeness (QED) is 0.207. The van der Waals surface area contributed by atoms with Gasteiger partial charge in [0.15, 0.2) is 11.5 Å². The largest absolute Gasteiger partial charge is 0.493 e. The van der Waals surface area contributed by atoms with Gasteiger partial charge in [-0.2, -0.15) is 0 Å². The molecule has 0 unspecified atom stereocenters. The maximum Gasteiger partial charge on any atom is 0.254 e. The number of methoxy groups -OCH3 is 2. The fraction of sp³-hybridized carbons (Fsp3) is 0.438. The number of ether oxygens (including phenoxy) is 2. The Hall–Kier alpha value is -3.32. The van der Waals surface area contributed by atoms with Crippen molar-refractivity contribution < 1.29 is 19.1 Å². The van der Waals surface area contributed by atoms with Gasteiger partial charge in [0.1, 0.15) is 6.54 Å². The van der Waals surface area contributed by atoms with Crippen LogP contribution < -0.4 is 9.47 Å². The molecule has 0 bridgehead atoms. The number of thiophene rings is 1. The first-order chi connectivity index (χ1) is 19.0. The number of rotatable bonds is 15. The molecule has 208 valence electrons. The van der Waals surface area contributed by atoms with Crippen molar-refractivity contribution in [3.05, 3.63) is 81.5 Å². The predicted molar refractivity (Wildman–Crippen MR) is 157 cm³/mol. The van der Waals surface area contributed by atoms with Gasteiger partial charge >= 0.3 is 0 Å². The van der Waals surface area contributed by atoms with Crippen molar-refractivity contribution in [2.24, 2.45) is 0 Å². The van der Waals surface area contributed by atoms with Gasteiger partial charge in [0.25, 0.3) is 5.91 Å². The van der Waals surface area contributed by atoms with Gasteiger partial charge in [-0.3, -0.25) is 9.59 Å². The molecule has 1 heterocycles. The molecule has 3 aromatic rings. The third-order valence-electron chi connectivity index (χ3n) is 7.22. The van der Waals surface area contributed by atoms with Crippen LogP contribution in [0.25, 0.3) is 0 Å². The Bertz CT molecular complexity index is 1210. The summed E-state index contributed by atoms with van der Waals surface area (Å²) in [7, 11) is 3.24. The molecule has 2 amide bonds. The van der Waals surface area contributed by atoms with Crippen molar-refractivity contribution in [1.29, 1.82) is 0 Å². The molecule has 1 fully saturated rings. The molecule has 0 atom stereocenters. The zero-order valence-electron chi connectivity index (χ0n) is 23.4. The molecule has 1 aromatic heterocycles. The number of carbonyl (C=O) groups excluding carboxylic acids is 2. The predicted octanol–water partition coefficient (Wildman–Crippen LogP) is 6.37. The first-order valence-corrected chi connectivity index (χ1v) is 14.8. The van der Waals surface area contributed by atoms with E-state index in [4.69, 9.17) is 9.47 Å². The first-order valence-electron chi connectivity index (χ1n) is 13.9. The minimum atomic E-state index is -0.0538. The topological polar surface area (TPSA) is 59.1 Å². The Balaban J connectivity index is 1.44. The van der Waals surface area contributed by atoms with Crippen molar-refractivity contribution in [2.45, 2.75) is 64.5 Å². The Morgan fingerprint density at radius 3 is 2.31 bits per heavy atom. The van der Waals surface area contributed by atoms with E-state index in [1.54, 1.807) is 30.5 Å². The number of aryl methyl sites for hydroxylation is 1. The van der Waals surface area contributed by atoms with Gasteiger partial charge in [-0.05, 0) is 78.9 Å². The number of amides is 2. The van der Waals surface area contributed by atoms with Crippen molar-refractivity contribution >= 4 is 23.2 Å². The van der Waals surface area contributed by atoms with E-state index in [9.17, 15) is 9.59 Å². The monoisotopic (exact) mass is 548 g/mol. The van der Waals surface area contributed by atoms with E-state index in [0.29, 0.717) is 36.6 Å². The van der Waals surface area contributed by atoms with E-state index in [1.165, 1.54) is 18.4 Å². The molecule has 4 rings (SSSR count). The molecule has 0 N–H and O–H groups in total. The molecule has 39 heavy (non-hydrogen) atoms. The van der Waals surface area contributed by atoms with Gasteiger partial charge in [0.2, 0.25) is 5.91 Å². The summed E-state index contributed by atoms with van der Waals surface area (Å²) in [5, 5.41) is 2.03. The summed E-state index contributed by atoms with van der Waals surface area (Å²) in [5.41, 5.74) is 2.97. The molecule has 1 aliphatic rings. The molecular formula is C32H40N2O4S. The molecule has 1 aliphatic carbocycles. The highest BCUT2D eigenvalue weighted by molar-refractivity contribution is 7.09. The Morgan fingerprint density at radius 1 is 0.923 bits per heavy atom. The fourth-order valence-electron chi connectivity index (χ4n) is 4.74. The molecule has 7 heteroatoms. The second-order valence-electron chi connectivity index (χ2n) is 10.2. The van der Waals surface area contributed by atoms with E-state index < -0.39 is 0 Å². The summed E-state index contributed by atoms with van der Waals surface area (Å²) in [4.78, 5) is 32.0. The van der Waals surface area contributed by atoms with E-state index in [0.717, 1.165) is 36.1 Å². The van der Waals surface area contributed by atoms with Crippen LogP contribution in [-0.2, 0) is 24.2 Å². The van der Waals surface area contributed by atoms with Gasteiger partial charge in [-0.1, -0.05) is 44.0 Å². The lowest BCUT2D eigenvalue weighted by Gasteiger charge is -2.28. The number of unbranched alkanes of at least 4 members (excludes halogenated alkanes) is 2. The van der Waals surface area contributed by atoms with Crippen LogP contribution in [0.15, 0.2) is 60.0 Å². The standard InChI is InChI=1S/C32H40N2O4S/c1-4-5-6-8-24-10-13-26(14-11-24)32(36)34(27-15-16-27)23-31(35)33(22-28-9-7-20-39-28)19-18-25-12-17-29(37-2)30(21-25)38-3/h7,9-14,17,20-21,27H,4-6,8,15-16,18-19,22-23H2,1-3H3. The normalized spacial score (nSPS) is 12.7. The average Bonchev–Trinajstić information content (AvgIpc) is 3.68. The number of hydrogen-bond donors (Lipinski definition) is 0. The molecule has 0 radical (unpaired) electrons. The van der Waals surface area contributed by atoms with Gasteiger partial charge < -0.3 is 19.3 Å². The number of benzene rings is 2. The zero-order chi connectivity index (χ0) is 27.6. The number of nitrogens with zero attached hydrogens (tertiary/aromatic N) is 2. The highest BCUT2D eigenvalue weighted by Crippen LogP contribution is 2.30. The van der Waals surface area contributed by atoms with Crippen molar-refractivity contribution in [3.8, 4) is 11.5 Å². The van der Waals surface area contributed by atoms with Crippen LogP contribution >= 0.6 is 11.3 Å². The van der Waals surface area contributed by atoms with Gasteiger partial charge in [0.05, 0.1) is 20.8 Å². The Labute approximate surface area is 236 Å². The van der Waals surface area contributed by atoms with Gasteiger partial charge in [-0.15, -0.1) is 11.3 Å². The third-order valence-corrected chi connectivity index (χ3v) is 8.08. The summed E-state index contributed by atoms with van der Waals surface area (Å²) >= 11 is 1.64. The highest BCUT2D eigenvalue weighted by Gasteiger charge is 2.35. The Kier molecular flexibility index (Phi) is 10.4. The van der Waals surface area contributed by atoms with Gasteiger partial charge in [-0.25, -0.2) is 0 Å². The fourth-order valence-corrected chi connectivity index (χ4v) is 5.46. The van der Waals surface area contributed by atoms with E-state index >= 15 is 0 Å². The van der Waals surface area contributed by atoms with Crippen LogP contribution in [-0.4, -0.2) is 55.0 Å². The van der Waals surface area contributed by atoms with Crippen molar-refractivity contribution in [2.75, 3.05) is 27.3 Å². The lowest BCUT2D eigenvalue weighted by atomic mass is 10.0. The van der Waals surface area contributed by atoms with E-state index in [1.807, 2.05) is 52.7 Å². The number of carbonyl (C=O) groups is 2. The second kappa shape index (κ2) is 14.2. The van der Waals surface area contributed by atoms with E-state index in [-0.39, 0.29) is 24.4 Å². The van der Waals surface area contributed by atoms with Crippen molar-refractivity contribution in [1.82, 2.24) is 9.80 Å². The van der Waals surface area contributed by atoms with Crippen LogP contribution in [0.2, 0.25) is 0 Å². The maximum absolute atomic E-state index is 13.7. The second-order valence-corrected chi connectivity index (χ2v) is 11.2. The Morgan fingerprint density at radius 2 is 1.67 bits per heavy atom. The summed E-state index contributed by atoms with van der Waals surface area (Å²) in [5.74, 6) is 1.27. The summed E-state index contributed by atoms with van der Waals surface area (Å²) in [6, 6.07) is 18.0. The molecule has 6 nitrogen and oxygen atoms in total. The molecular weight excluding hydrogens is 508 g/mol. The summed E-state index contributed by atoms with van der Waals surface area (Å²) < 4.78 is 10.8. The highest BCUT2D eigenvalue weighted by atomic mass is 32.1. The van der Waals surface area contributed by atoms with Crippen LogP contribution in [0.5, 0.6) is 11.5 Å². The average molecular weight is 549 g/mol. The maximum atomic E-state index is 13.7. The molecule has 2 aromatic carbocycles. The molecule has 0 spiro atoms. The molecule has 0 saturated heterocycles. The zero-order valence-corrected chi connectivity index (χ0v) is 24.2. The SMILES string of the molecule is CCCCCc1ccc(C(=O)N(CC(=O)N(CCc2ccc(OC)c(OC)c2)Cc2cccs2)C2CC2)cc1. The molecule has 1 saturated carbocycles. The third kappa shape index (κ3) is 8.09. The van der Waals surface area contributed by atoms with Crippen molar-refractivity contribution in [3.63, 3.8) is 0 Å². The van der Waals surface area contributed by atoms with Gasteiger partial charge in [0, 0.05) is 23.0 Å². The summed E-state index contributed by atoms with van der Waals surface area (Å²) in [6.07, 6.45) is 7.18. The molecule has 0 aliphatic heterocycles. The first kappa shape index (κ1) is 28.7. The smallest absolute Gasteiger partial charge is 0.254 e. The van der Waals surface area contributed by atoms with E-state index in [2.05, 4.69) is 19.1 Å². The van der Waals surface area contributed by atoms with Crippen LogP contribution in [0.3, 0.4) is 0 Å².